The van der Waals surface area contributed by atoms with Gasteiger partial charge in [0.05, 0.1) is 29.1 Å². The van der Waals surface area contributed by atoms with Crippen LogP contribution < -0.4 is 20.7 Å². The van der Waals surface area contributed by atoms with Crippen LogP contribution in [-0.2, 0) is 4.79 Å². The van der Waals surface area contributed by atoms with Crippen LogP contribution in [-0.4, -0.2) is 40.1 Å². The monoisotopic (exact) mass is 571 g/mol. The minimum absolute atomic E-state index is 0.0483. The molecule has 216 valence electrons. The number of hydrogen-bond donors (Lipinski definition) is 3. The summed E-state index contributed by atoms with van der Waals surface area (Å²) in [6, 6.07) is 18.2. The summed E-state index contributed by atoms with van der Waals surface area (Å²) in [7, 11) is 0. The molecule has 3 aromatic carbocycles. The molecule has 4 N–H and O–H groups in total. The van der Waals surface area contributed by atoms with Crippen molar-refractivity contribution in [2.24, 2.45) is 4.99 Å². The van der Waals surface area contributed by atoms with Gasteiger partial charge >= 0.3 is 0 Å². The molecule has 0 spiro atoms. The molecular formula is C31H31F2N7O2. The normalized spacial score (nSPS) is 12.1. The Kier molecular flexibility index (Phi) is 9.21. The second-order valence-corrected chi connectivity index (χ2v) is 9.70. The van der Waals surface area contributed by atoms with Crippen molar-refractivity contribution in [3.8, 4) is 5.75 Å². The molecule has 0 aliphatic rings. The highest BCUT2D eigenvalue weighted by molar-refractivity contribution is 6.17. The molecule has 0 aliphatic heterocycles. The maximum Gasteiger partial charge on any atom is 0.219 e. The van der Waals surface area contributed by atoms with Crippen molar-refractivity contribution < 1.29 is 18.3 Å². The number of amidine groups is 1. The first kappa shape index (κ1) is 29.8. The molecule has 0 fully saturated rings. The van der Waals surface area contributed by atoms with Crippen molar-refractivity contribution in [1.29, 1.82) is 5.41 Å². The number of carbonyl (C=O) groups is 1. The summed E-state index contributed by atoms with van der Waals surface area (Å²) in [5.74, 6) is -2.50. The number of rotatable bonds is 10. The number of nitrogen functional groups attached to an aromatic ring is 1. The van der Waals surface area contributed by atoms with Crippen LogP contribution >= 0.6 is 0 Å². The van der Waals surface area contributed by atoms with Gasteiger partial charge in [-0.2, -0.15) is 4.39 Å². The fraction of sp³-hybridized carbons (Fsp3) is 0.194. The predicted octanol–water partition coefficient (Wildman–Crippen LogP) is 6.04. The second kappa shape index (κ2) is 13.0. The Bertz CT molecular complexity index is 1630. The summed E-state index contributed by atoms with van der Waals surface area (Å²) >= 11 is 0. The van der Waals surface area contributed by atoms with Crippen LogP contribution in [0, 0.1) is 24.0 Å². The fourth-order valence-corrected chi connectivity index (χ4v) is 4.24. The number of nitrogens with zero attached hydrogens (tertiary/aromatic N) is 4. The van der Waals surface area contributed by atoms with Gasteiger partial charge in [-0.05, 0) is 63.6 Å². The van der Waals surface area contributed by atoms with E-state index in [1.165, 1.54) is 23.4 Å². The minimum Gasteiger partial charge on any atom is -0.488 e. The zero-order valence-corrected chi connectivity index (χ0v) is 23.6. The molecule has 0 radical (unpaired) electrons. The van der Waals surface area contributed by atoms with E-state index >= 15 is 4.39 Å². The van der Waals surface area contributed by atoms with Crippen LogP contribution in [0.15, 0.2) is 78.0 Å². The van der Waals surface area contributed by atoms with Gasteiger partial charge in [0.2, 0.25) is 12.2 Å². The zero-order valence-electron chi connectivity index (χ0n) is 23.6. The molecule has 1 aromatic heterocycles. The number of nitrogens with one attached hydrogen (secondary N) is 2. The lowest BCUT2D eigenvalue weighted by molar-refractivity contribution is -0.106. The Morgan fingerprint density at radius 1 is 1.02 bits per heavy atom. The molecule has 0 saturated carbocycles. The molecule has 42 heavy (non-hydrogen) atoms. The number of nitrogens with two attached hydrogens (primary N) is 1. The highest BCUT2D eigenvalue weighted by atomic mass is 19.2. The van der Waals surface area contributed by atoms with Gasteiger partial charge in [-0.15, -0.1) is 0 Å². The molecule has 0 aliphatic carbocycles. The van der Waals surface area contributed by atoms with Crippen LogP contribution in [0.25, 0.3) is 0 Å². The Morgan fingerprint density at radius 3 is 2.38 bits per heavy atom. The Labute approximate surface area is 242 Å². The summed E-state index contributed by atoms with van der Waals surface area (Å²) in [4.78, 5) is 26.8. The van der Waals surface area contributed by atoms with Crippen LogP contribution in [0.5, 0.6) is 5.75 Å². The average Bonchev–Trinajstić information content (AvgIpc) is 2.96. The molecule has 9 nitrogen and oxygen atoms in total. The van der Waals surface area contributed by atoms with Gasteiger partial charge in [-0.25, -0.2) is 19.4 Å². The molecule has 11 heteroatoms. The lowest BCUT2D eigenvalue weighted by Crippen LogP contribution is -2.41. The lowest BCUT2D eigenvalue weighted by Gasteiger charge is -2.26. The van der Waals surface area contributed by atoms with E-state index in [2.05, 4.69) is 15.3 Å². The van der Waals surface area contributed by atoms with Crippen molar-refractivity contribution in [1.82, 2.24) is 9.97 Å². The van der Waals surface area contributed by atoms with Gasteiger partial charge in [0.1, 0.15) is 23.8 Å². The van der Waals surface area contributed by atoms with Crippen molar-refractivity contribution >= 4 is 41.0 Å². The first-order valence-corrected chi connectivity index (χ1v) is 13.2. The van der Waals surface area contributed by atoms with E-state index in [1.54, 1.807) is 45.0 Å². The van der Waals surface area contributed by atoms with Gasteiger partial charge in [0.25, 0.3) is 0 Å². The summed E-state index contributed by atoms with van der Waals surface area (Å²) in [5.41, 5.74) is 7.40. The third kappa shape index (κ3) is 6.41. The summed E-state index contributed by atoms with van der Waals surface area (Å²) in [6.07, 6.45) is 1.46. The Balaban J connectivity index is 1.77. The minimum atomic E-state index is -1.27. The van der Waals surface area contributed by atoms with E-state index in [-0.39, 0.29) is 34.6 Å². The first-order valence-electron chi connectivity index (χ1n) is 13.2. The number of ether oxygens (including phenoxy) is 1. The number of hydrogen-bond acceptors (Lipinski definition) is 8. The SMILES string of the molecule is Cc1ccccc1/N=C(/C(C)Nc1ncnc(N)c1C(=N)c1ccc(OC(C)C)c(F)c1F)N(C=O)c1ccccc1. The first-order chi connectivity index (χ1) is 20.1. The summed E-state index contributed by atoms with van der Waals surface area (Å²) in [6.45, 7) is 7.03. The number of para-hydroxylation sites is 2. The standard InChI is InChI=1S/C31H31F2N7O2/c1-18(2)42-24-15-14-22(26(32)27(24)33)28(34)25-29(35)36-16-37-30(25)38-20(4)31(39-23-13-9-8-10-19(23)3)40(17-41)21-11-6-5-7-12-21/h5-18,20,34H,1-4H3,(H3,35,36,37,38)/b34-28?,39-31-. The quantitative estimate of drug-likeness (QED) is 0.121. The van der Waals surface area contributed by atoms with Crippen molar-refractivity contribution in [2.45, 2.75) is 39.8 Å². The number of carbonyl (C=O) groups excluding carboxylic acids is 1. The summed E-state index contributed by atoms with van der Waals surface area (Å²) in [5, 5.41) is 11.9. The highest BCUT2D eigenvalue weighted by Crippen LogP contribution is 2.29. The van der Waals surface area contributed by atoms with Crippen LogP contribution in [0.2, 0.25) is 0 Å². The van der Waals surface area contributed by atoms with Gasteiger partial charge < -0.3 is 15.8 Å². The van der Waals surface area contributed by atoms with E-state index in [4.69, 9.17) is 20.9 Å². The topological polar surface area (TPSA) is 130 Å². The maximum absolute atomic E-state index is 15.2. The van der Waals surface area contributed by atoms with Crippen LogP contribution in [0.4, 0.5) is 31.8 Å². The van der Waals surface area contributed by atoms with Crippen LogP contribution in [0.1, 0.15) is 37.5 Å². The van der Waals surface area contributed by atoms with Crippen molar-refractivity contribution in [3.05, 3.63) is 101 Å². The van der Waals surface area contributed by atoms with Crippen LogP contribution in [0.3, 0.4) is 0 Å². The molecule has 1 amide bonds. The summed E-state index contributed by atoms with van der Waals surface area (Å²) < 4.78 is 35.3. The number of aromatic nitrogens is 2. The molecule has 1 heterocycles. The zero-order chi connectivity index (χ0) is 30.4. The van der Waals surface area contributed by atoms with Gasteiger partial charge in [-0.1, -0.05) is 36.4 Å². The third-order valence-corrected chi connectivity index (χ3v) is 6.28. The second-order valence-electron chi connectivity index (χ2n) is 9.70. The molecule has 4 rings (SSSR count). The van der Waals surface area contributed by atoms with Gasteiger partial charge in [0.15, 0.2) is 11.6 Å². The molecule has 4 aromatic rings. The smallest absolute Gasteiger partial charge is 0.219 e. The number of halogens is 2. The van der Waals surface area contributed by atoms with E-state index in [0.29, 0.717) is 23.6 Å². The number of amides is 1. The van der Waals surface area contributed by atoms with Crippen molar-refractivity contribution in [3.63, 3.8) is 0 Å². The highest BCUT2D eigenvalue weighted by Gasteiger charge is 2.26. The Hall–Kier alpha value is -5.19. The fourth-order valence-electron chi connectivity index (χ4n) is 4.24. The largest absolute Gasteiger partial charge is 0.488 e. The number of aliphatic imine (C=N–C) groups is 1. The van der Waals surface area contributed by atoms with E-state index < -0.39 is 23.4 Å². The van der Waals surface area contributed by atoms with Gasteiger partial charge in [-0.3, -0.25) is 15.1 Å². The molecular weight excluding hydrogens is 540 g/mol. The predicted molar refractivity (Wildman–Crippen MR) is 161 cm³/mol. The molecule has 1 unspecified atom stereocenters. The molecule has 1 atom stereocenters. The van der Waals surface area contributed by atoms with E-state index in [1.807, 2.05) is 37.3 Å². The van der Waals surface area contributed by atoms with Gasteiger partial charge in [0, 0.05) is 11.3 Å². The average molecular weight is 572 g/mol. The Morgan fingerprint density at radius 2 is 1.71 bits per heavy atom. The van der Waals surface area contributed by atoms with Crippen molar-refractivity contribution in [2.75, 3.05) is 16.0 Å². The molecule has 0 saturated heterocycles. The maximum atomic E-state index is 15.2. The lowest BCUT2D eigenvalue weighted by atomic mass is 10.0. The van der Waals surface area contributed by atoms with E-state index in [0.717, 1.165) is 5.56 Å². The number of aryl methyl sites for hydroxylation is 1. The van der Waals surface area contributed by atoms with E-state index in [9.17, 15) is 9.18 Å². The number of anilines is 3. The third-order valence-electron chi connectivity index (χ3n) is 6.28. The number of benzene rings is 3. The molecule has 0 bridgehead atoms.